The molecule has 3 nitrogen and oxygen atoms in total. The van der Waals surface area contributed by atoms with Crippen LogP contribution < -0.4 is 5.32 Å². The fourth-order valence-electron chi connectivity index (χ4n) is 2.30. The van der Waals surface area contributed by atoms with Crippen LogP contribution in [-0.4, -0.2) is 16.8 Å². The van der Waals surface area contributed by atoms with Crippen molar-refractivity contribution in [3.63, 3.8) is 0 Å². The molecule has 1 N–H and O–H groups in total. The summed E-state index contributed by atoms with van der Waals surface area (Å²) in [5.74, 6) is 0. The van der Waals surface area contributed by atoms with Gasteiger partial charge in [-0.1, -0.05) is 28.9 Å². The Bertz CT molecular complexity index is 548. The molecule has 102 valence electrons. The Hall–Kier alpha value is -1.13. The van der Waals surface area contributed by atoms with Gasteiger partial charge in [0.25, 0.3) is 0 Å². The van der Waals surface area contributed by atoms with Crippen LogP contribution in [-0.2, 0) is 6.54 Å². The van der Waals surface area contributed by atoms with E-state index in [4.69, 9.17) is 0 Å². The van der Waals surface area contributed by atoms with E-state index in [0.717, 1.165) is 17.4 Å². The summed E-state index contributed by atoms with van der Waals surface area (Å²) in [6.07, 6.45) is 5.18. The molecule has 0 radical (unpaired) electrons. The molecular weight excluding hydrogens is 302 g/mol. The molecule has 0 bridgehead atoms. The Morgan fingerprint density at radius 2 is 2.21 bits per heavy atom. The Balaban J connectivity index is 2.35. The second-order valence-electron chi connectivity index (χ2n) is 4.76. The highest BCUT2D eigenvalue weighted by atomic mass is 79.9. The van der Waals surface area contributed by atoms with Gasteiger partial charge < -0.3 is 5.32 Å². The minimum atomic E-state index is 0.183. The minimum absolute atomic E-state index is 0.183. The van der Waals surface area contributed by atoms with Crippen molar-refractivity contribution in [1.82, 2.24) is 15.1 Å². The van der Waals surface area contributed by atoms with E-state index in [2.05, 4.69) is 64.6 Å². The van der Waals surface area contributed by atoms with Crippen LogP contribution in [0.25, 0.3) is 0 Å². The molecule has 0 aliphatic heterocycles. The van der Waals surface area contributed by atoms with Gasteiger partial charge in [0.05, 0.1) is 12.2 Å². The SMILES string of the molecule is CCCn1cc(C(NC)c2cc(Br)ccc2C)cn1. The van der Waals surface area contributed by atoms with Gasteiger partial charge in [0.15, 0.2) is 0 Å². The number of hydrogen-bond acceptors (Lipinski definition) is 2. The molecule has 1 aromatic carbocycles. The maximum atomic E-state index is 4.42. The highest BCUT2D eigenvalue weighted by Gasteiger charge is 2.16. The van der Waals surface area contributed by atoms with E-state index in [1.807, 2.05) is 17.9 Å². The number of nitrogens with zero attached hydrogens (tertiary/aromatic N) is 2. The molecule has 1 heterocycles. The van der Waals surface area contributed by atoms with Gasteiger partial charge in [-0.3, -0.25) is 4.68 Å². The number of halogens is 1. The number of nitrogens with one attached hydrogen (secondary N) is 1. The first kappa shape index (κ1) is 14.3. The van der Waals surface area contributed by atoms with E-state index in [0.29, 0.717) is 0 Å². The minimum Gasteiger partial charge on any atom is -0.309 e. The molecule has 2 rings (SSSR count). The smallest absolute Gasteiger partial charge is 0.0608 e. The van der Waals surface area contributed by atoms with Crippen LogP contribution in [0.15, 0.2) is 35.1 Å². The van der Waals surface area contributed by atoms with Crippen LogP contribution in [0.1, 0.15) is 36.1 Å². The molecule has 0 fully saturated rings. The van der Waals surface area contributed by atoms with Crippen LogP contribution in [0.4, 0.5) is 0 Å². The Labute approximate surface area is 123 Å². The molecule has 19 heavy (non-hydrogen) atoms. The van der Waals surface area contributed by atoms with E-state index in [-0.39, 0.29) is 6.04 Å². The largest absolute Gasteiger partial charge is 0.309 e. The lowest BCUT2D eigenvalue weighted by Crippen LogP contribution is -2.18. The summed E-state index contributed by atoms with van der Waals surface area (Å²) in [6.45, 7) is 5.27. The van der Waals surface area contributed by atoms with Crippen LogP contribution in [0.2, 0.25) is 0 Å². The van der Waals surface area contributed by atoms with Crippen molar-refractivity contribution in [3.8, 4) is 0 Å². The monoisotopic (exact) mass is 321 g/mol. The van der Waals surface area contributed by atoms with Gasteiger partial charge in [-0.2, -0.15) is 5.10 Å². The van der Waals surface area contributed by atoms with E-state index >= 15 is 0 Å². The molecular formula is C15H20BrN3. The standard InChI is InChI=1S/C15H20BrN3/c1-4-7-19-10-12(9-18-19)15(17-3)14-8-13(16)6-5-11(14)2/h5-6,8-10,15,17H,4,7H2,1-3H3. The molecule has 0 saturated carbocycles. The van der Waals surface area contributed by atoms with Gasteiger partial charge in [-0.15, -0.1) is 0 Å². The summed E-state index contributed by atoms with van der Waals surface area (Å²) in [4.78, 5) is 0. The van der Waals surface area contributed by atoms with Crippen LogP contribution in [0.5, 0.6) is 0 Å². The number of rotatable bonds is 5. The van der Waals surface area contributed by atoms with Crippen molar-refractivity contribution in [2.24, 2.45) is 0 Å². The topological polar surface area (TPSA) is 29.9 Å². The van der Waals surface area contributed by atoms with E-state index in [1.165, 1.54) is 16.7 Å². The molecule has 0 aliphatic carbocycles. The maximum Gasteiger partial charge on any atom is 0.0608 e. The molecule has 0 amide bonds. The lowest BCUT2D eigenvalue weighted by molar-refractivity contribution is 0.600. The third kappa shape index (κ3) is 3.25. The summed E-state index contributed by atoms with van der Waals surface area (Å²) in [7, 11) is 1.99. The normalized spacial score (nSPS) is 12.6. The zero-order chi connectivity index (χ0) is 13.8. The first-order chi connectivity index (χ1) is 9.15. The molecule has 1 unspecified atom stereocenters. The lowest BCUT2D eigenvalue weighted by Gasteiger charge is -2.18. The summed E-state index contributed by atoms with van der Waals surface area (Å²) >= 11 is 3.55. The first-order valence-corrected chi connectivity index (χ1v) is 7.40. The number of aryl methyl sites for hydroxylation is 2. The van der Waals surface area contributed by atoms with Gasteiger partial charge in [-0.05, 0) is 43.7 Å². The fourth-order valence-corrected chi connectivity index (χ4v) is 2.68. The molecule has 1 aromatic heterocycles. The van der Waals surface area contributed by atoms with Gasteiger partial charge >= 0.3 is 0 Å². The second-order valence-corrected chi connectivity index (χ2v) is 5.68. The fraction of sp³-hybridized carbons (Fsp3) is 0.400. The number of aromatic nitrogens is 2. The maximum absolute atomic E-state index is 4.42. The molecule has 0 saturated heterocycles. The van der Waals surface area contributed by atoms with Gasteiger partial charge in [0.2, 0.25) is 0 Å². The van der Waals surface area contributed by atoms with Crippen molar-refractivity contribution < 1.29 is 0 Å². The third-order valence-corrected chi connectivity index (χ3v) is 3.77. The third-order valence-electron chi connectivity index (χ3n) is 3.28. The average Bonchev–Trinajstić information content (AvgIpc) is 2.83. The summed E-state index contributed by atoms with van der Waals surface area (Å²) in [5, 5.41) is 7.80. The number of hydrogen-bond donors (Lipinski definition) is 1. The van der Waals surface area contributed by atoms with Crippen molar-refractivity contribution in [2.45, 2.75) is 32.9 Å². The van der Waals surface area contributed by atoms with Crippen molar-refractivity contribution in [3.05, 3.63) is 51.8 Å². The first-order valence-electron chi connectivity index (χ1n) is 6.61. The lowest BCUT2D eigenvalue weighted by atomic mass is 9.97. The average molecular weight is 322 g/mol. The highest BCUT2D eigenvalue weighted by molar-refractivity contribution is 9.10. The number of benzene rings is 1. The predicted molar refractivity (Wildman–Crippen MR) is 82.3 cm³/mol. The van der Waals surface area contributed by atoms with Crippen LogP contribution >= 0.6 is 15.9 Å². The highest BCUT2D eigenvalue weighted by Crippen LogP contribution is 2.27. The van der Waals surface area contributed by atoms with Crippen LogP contribution in [0.3, 0.4) is 0 Å². The molecule has 1 atom stereocenters. The van der Waals surface area contributed by atoms with Gasteiger partial charge in [0.1, 0.15) is 0 Å². The van der Waals surface area contributed by atoms with E-state index < -0.39 is 0 Å². The Morgan fingerprint density at radius 3 is 2.89 bits per heavy atom. The summed E-state index contributed by atoms with van der Waals surface area (Å²) in [5.41, 5.74) is 3.77. The Morgan fingerprint density at radius 1 is 1.42 bits per heavy atom. The summed E-state index contributed by atoms with van der Waals surface area (Å²) in [6, 6.07) is 6.57. The molecule has 0 aliphatic rings. The zero-order valence-electron chi connectivity index (χ0n) is 11.7. The molecule has 2 aromatic rings. The van der Waals surface area contributed by atoms with Gasteiger partial charge in [-0.25, -0.2) is 0 Å². The van der Waals surface area contributed by atoms with Gasteiger partial charge in [0, 0.05) is 22.8 Å². The predicted octanol–water partition coefficient (Wildman–Crippen LogP) is 3.67. The zero-order valence-corrected chi connectivity index (χ0v) is 13.2. The second kappa shape index (κ2) is 6.35. The van der Waals surface area contributed by atoms with Crippen molar-refractivity contribution in [2.75, 3.05) is 7.05 Å². The van der Waals surface area contributed by atoms with Crippen LogP contribution in [0, 0.1) is 6.92 Å². The molecule has 0 spiro atoms. The quantitative estimate of drug-likeness (QED) is 0.910. The van der Waals surface area contributed by atoms with Crippen molar-refractivity contribution in [1.29, 1.82) is 0 Å². The molecule has 4 heteroatoms. The van der Waals surface area contributed by atoms with Crippen molar-refractivity contribution >= 4 is 15.9 Å². The van der Waals surface area contributed by atoms with E-state index in [9.17, 15) is 0 Å². The Kier molecular flexibility index (Phi) is 4.77. The van der Waals surface area contributed by atoms with E-state index in [1.54, 1.807) is 0 Å². The summed E-state index contributed by atoms with van der Waals surface area (Å²) < 4.78 is 3.11.